The molecule has 1 fully saturated rings. The lowest BCUT2D eigenvalue weighted by atomic mass is 9.96. The largest absolute Gasteiger partial charge is 0.339 e. The van der Waals surface area contributed by atoms with E-state index in [2.05, 4.69) is 26.1 Å². The topological polar surface area (TPSA) is 64.9 Å². The molecule has 3 rings (SSSR count). The van der Waals surface area contributed by atoms with Gasteiger partial charge in [0.25, 0.3) is 0 Å². The van der Waals surface area contributed by atoms with Crippen LogP contribution in [0.15, 0.2) is 33.3 Å². The summed E-state index contributed by atoms with van der Waals surface area (Å²) in [6.45, 7) is 0. The van der Waals surface area contributed by atoms with Gasteiger partial charge in [-0.15, -0.1) is 0 Å². The number of nitrogens with two attached hydrogens (primary N) is 1. The first-order chi connectivity index (χ1) is 9.72. The van der Waals surface area contributed by atoms with Crippen molar-refractivity contribution < 1.29 is 4.52 Å². The third kappa shape index (κ3) is 3.10. The molecule has 106 valence electrons. The summed E-state index contributed by atoms with van der Waals surface area (Å²) in [7, 11) is 0. The van der Waals surface area contributed by atoms with Gasteiger partial charge in [0.05, 0.1) is 0 Å². The number of aromatic nitrogens is 2. The highest BCUT2D eigenvalue weighted by Gasteiger charge is 2.24. The van der Waals surface area contributed by atoms with Crippen LogP contribution in [0.4, 0.5) is 0 Å². The lowest BCUT2D eigenvalue weighted by Gasteiger charge is -2.16. The molecule has 0 saturated heterocycles. The molecular weight excluding hydrogens is 318 g/mol. The van der Waals surface area contributed by atoms with E-state index >= 15 is 0 Å². The fraction of sp³-hybridized carbons (Fsp3) is 0.467. The Morgan fingerprint density at radius 3 is 2.65 bits per heavy atom. The summed E-state index contributed by atoms with van der Waals surface area (Å²) in [5.41, 5.74) is 7.20. The zero-order valence-electron chi connectivity index (χ0n) is 11.3. The lowest BCUT2D eigenvalue weighted by molar-refractivity contribution is 0.341. The standard InChI is InChI=1S/C15H18BrN3O/c16-12-7-5-11(6-8-12)15-18-14(20-19-15)9-13(17)10-3-1-2-4-10/h5-8,10,13H,1-4,9,17H2. The average molecular weight is 336 g/mol. The van der Waals surface area contributed by atoms with E-state index in [1.807, 2.05) is 24.3 Å². The van der Waals surface area contributed by atoms with Crippen LogP contribution in [0.1, 0.15) is 31.6 Å². The lowest BCUT2D eigenvalue weighted by Crippen LogP contribution is -2.30. The SMILES string of the molecule is NC(Cc1nc(-c2ccc(Br)cc2)no1)C1CCCC1. The maximum absolute atomic E-state index is 6.24. The van der Waals surface area contributed by atoms with Crippen molar-refractivity contribution in [3.8, 4) is 11.4 Å². The number of hydrogen-bond donors (Lipinski definition) is 1. The first kappa shape index (κ1) is 13.8. The summed E-state index contributed by atoms with van der Waals surface area (Å²) in [5, 5.41) is 4.04. The molecule has 1 aromatic heterocycles. The maximum atomic E-state index is 6.24. The zero-order valence-corrected chi connectivity index (χ0v) is 12.8. The van der Waals surface area contributed by atoms with Crippen molar-refractivity contribution >= 4 is 15.9 Å². The Bertz CT molecular complexity index is 561. The molecular formula is C15H18BrN3O. The van der Waals surface area contributed by atoms with Crippen molar-refractivity contribution in [3.05, 3.63) is 34.6 Å². The van der Waals surface area contributed by atoms with Gasteiger partial charge in [0.1, 0.15) is 0 Å². The first-order valence-electron chi connectivity index (χ1n) is 7.06. The normalized spacial score (nSPS) is 17.5. The third-order valence-electron chi connectivity index (χ3n) is 3.99. The summed E-state index contributed by atoms with van der Waals surface area (Å²) in [6, 6.07) is 8.01. The molecule has 0 bridgehead atoms. The molecule has 1 aliphatic carbocycles. The fourth-order valence-corrected chi connectivity index (χ4v) is 3.07. The number of nitrogens with zero attached hydrogens (tertiary/aromatic N) is 2. The smallest absolute Gasteiger partial charge is 0.228 e. The minimum atomic E-state index is 0.135. The number of halogens is 1. The predicted octanol–water partition coefficient (Wildman–Crippen LogP) is 3.56. The van der Waals surface area contributed by atoms with Crippen LogP contribution in [-0.4, -0.2) is 16.2 Å². The van der Waals surface area contributed by atoms with Crippen LogP contribution >= 0.6 is 15.9 Å². The minimum absolute atomic E-state index is 0.135. The molecule has 0 amide bonds. The summed E-state index contributed by atoms with van der Waals surface area (Å²) in [5.74, 6) is 1.88. The first-order valence-corrected chi connectivity index (χ1v) is 7.86. The van der Waals surface area contributed by atoms with Gasteiger partial charge in [0.15, 0.2) is 0 Å². The van der Waals surface area contributed by atoms with Gasteiger partial charge in [-0.1, -0.05) is 33.9 Å². The highest BCUT2D eigenvalue weighted by Crippen LogP contribution is 2.28. The molecule has 5 heteroatoms. The fourth-order valence-electron chi connectivity index (χ4n) is 2.81. The van der Waals surface area contributed by atoms with Crippen LogP contribution < -0.4 is 5.73 Å². The average Bonchev–Trinajstić information content (AvgIpc) is 3.10. The van der Waals surface area contributed by atoms with Gasteiger partial charge in [-0.2, -0.15) is 4.98 Å². The van der Waals surface area contributed by atoms with Gasteiger partial charge in [-0.05, 0) is 43.0 Å². The van der Waals surface area contributed by atoms with E-state index in [1.54, 1.807) is 0 Å². The van der Waals surface area contributed by atoms with Crippen molar-refractivity contribution in [3.63, 3.8) is 0 Å². The Hall–Kier alpha value is -1.20. The van der Waals surface area contributed by atoms with Crippen molar-refractivity contribution in [2.75, 3.05) is 0 Å². The van der Waals surface area contributed by atoms with Crippen molar-refractivity contribution in [1.29, 1.82) is 0 Å². The maximum Gasteiger partial charge on any atom is 0.228 e. The number of hydrogen-bond acceptors (Lipinski definition) is 4. The molecule has 1 unspecified atom stereocenters. The molecule has 1 aliphatic rings. The molecule has 1 atom stereocenters. The van der Waals surface area contributed by atoms with Crippen LogP contribution in [0.5, 0.6) is 0 Å². The molecule has 0 spiro atoms. The molecule has 1 heterocycles. The van der Waals surface area contributed by atoms with Crippen molar-refractivity contribution in [2.45, 2.75) is 38.1 Å². The summed E-state index contributed by atoms with van der Waals surface area (Å²) < 4.78 is 6.36. The van der Waals surface area contributed by atoms with Crippen molar-refractivity contribution in [2.24, 2.45) is 11.7 Å². The Kier molecular flexibility index (Phi) is 4.17. The molecule has 2 N–H and O–H groups in total. The molecule has 1 saturated carbocycles. The quantitative estimate of drug-likeness (QED) is 0.927. The van der Waals surface area contributed by atoms with Crippen LogP contribution in [0.3, 0.4) is 0 Å². The Morgan fingerprint density at radius 1 is 1.25 bits per heavy atom. The summed E-state index contributed by atoms with van der Waals surface area (Å²) >= 11 is 3.41. The van der Waals surface area contributed by atoms with E-state index in [0.717, 1.165) is 10.0 Å². The van der Waals surface area contributed by atoms with Gasteiger partial charge in [0.2, 0.25) is 11.7 Å². The number of benzene rings is 1. The molecule has 20 heavy (non-hydrogen) atoms. The van der Waals surface area contributed by atoms with Crippen LogP contribution in [-0.2, 0) is 6.42 Å². The second kappa shape index (κ2) is 6.06. The Balaban J connectivity index is 1.68. The van der Waals surface area contributed by atoms with E-state index in [9.17, 15) is 0 Å². The van der Waals surface area contributed by atoms with Gasteiger partial charge in [-0.25, -0.2) is 0 Å². The van der Waals surface area contributed by atoms with E-state index in [4.69, 9.17) is 10.3 Å². The Morgan fingerprint density at radius 2 is 1.95 bits per heavy atom. The van der Waals surface area contributed by atoms with E-state index in [-0.39, 0.29) is 6.04 Å². The van der Waals surface area contributed by atoms with Gasteiger partial charge in [-0.3, -0.25) is 0 Å². The van der Waals surface area contributed by atoms with E-state index in [0.29, 0.717) is 24.1 Å². The molecule has 0 aliphatic heterocycles. The molecule has 0 radical (unpaired) electrons. The van der Waals surface area contributed by atoms with Gasteiger partial charge >= 0.3 is 0 Å². The minimum Gasteiger partial charge on any atom is -0.339 e. The molecule has 1 aromatic carbocycles. The zero-order chi connectivity index (χ0) is 13.9. The van der Waals surface area contributed by atoms with E-state index in [1.165, 1.54) is 25.7 Å². The van der Waals surface area contributed by atoms with Crippen LogP contribution in [0, 0.1) is 5.92 Å². The van der Waals surface area contributed by atoms with Gasteiger partial charge < -0.3 is 10.3 Å². The van der Waals surface area contributed by atoms with Crippen LogP contribution in [0.2, 0.25) is 0 Å². The summed E-state index contributed by atoms with van der Waals surface area (Å²) in [4.78, 5) is 4.45. The number of rotatable bonds is 4. The third-order valence-corrected chi connectivity index (χ3v) is 4.51. The second-order valence-electron chi connectivity index (χ2n) is 5.43. The second-order valence-corrected chi connectivity index (χ2v) is 6.35. The van der Waals surface area contributed by atoms with Crippen molar-refractivity contribution in [1.82, 2.24) is 10.1 Å². The monoisotopic (exact) mass is 335 g/mol. The molecule has 2 aromatic rings. The van der Waals surface area contributed by atoms with Gasteiger partial charge in [0, 0.05) is 22.5 Å². The Labute approximate surface area is 126 Å². The highest BCUT2D eigenvalue weighted by atomic mass is 79.9. The predicted molar refractivity (Wildman–Crippen MR) is 81.1 cm³/mol. The van der Waals surface area contributed by atoms with E-state index < -0.39 is 0 Å². The van der Waals surface area contributed by atoms with Crippen LogP contribution in [0.25, 0.3) is 11.4 Å². The summed E-state index contributed by atoms with van der Waals surface area (Å²) in [6.07, 6.45) is 5.73. The molecule has 4 nitrogen and oxygen atoms in total. The highest BCUT2D eigenvalue weighted by molar-refractivity contribution is 9.10.